The van der Waals surface area contributed by atoms with Crippen molar-refractivity contribution >= 4 is 17.7 Å². The average molecular weight is 284 g/mol. The maximum absolute atomic E-state index is 13.6. The predicted molar refractivity (Wildman–Crippen MR) is 72.3 cm³/mol. The Balaban J connectivity index is 2.00. The van der Waals surface area contributed by atoms with E-state index in [2.05, 4.69) is 0 Å². The molecule has 1 heterocycles. The van der Waals surface area contributed by atoms with Gasteiger partial charge in [-0.25, -0.2) is 9.18 Å². The number of halogens is 1. The molecule has 1 aliphatic rings. The van der Waals surface area contributed by atoms with E-state index in [0.29, 0.717) is 10.6 Å². The summed E-state index contributed by atoms with van der Waals surface area (Å²) in [6, 6.07) is 3.85. The number of thioether (sulfide) groups is 1. The third-order valence-corrected chi connectivity index (χ3v) is 4.32. The Morgan fingerprint density at radius 1 is 1.58 bits per heavy atom. The molecule has 1 N–H and O–H groups in total. The van der Waals surface area contributed by atoms with Crippen molar-refractivity contribution in [2.24, 2.45) is 0 Å². The van der Waals surface area contributed by atoms with Crippen LogP contribution in [0, 0.1) is 5.82 Å². The van der Waals surface area contributed by atoms with Gasteiger partial charge in [-0.2, -0.15) is 0 Å². The normalized spacial score (nSPS) is 21.5. The molecule has 0 amide bonds. The van der Waals surface area contributed by atoms with Crippen LogP contribution in [0.25, 0.3) is 0 Å². The molecule has 0 spiro atoms. The number of hydrogen-bond acceptors (Lipinski definition) is 3. The van der Waals surface area contributed by atoms with Crippen LogP contribution >= 0.6 is 11.8 Å². The summed E-state index contributed by atoms with van der Waals surface area (Å²) in [5.74, 6) is -0.781. The van der Waals surface area contributed by atoms with Crippen LogP contribution < -0.4 is 0 Å². The van der Waals surface area contributed by atoms with E-state index in [9.17, 15) is 9.18 Å². The molecule has 2 rings (SSSR count). The van der Waals surface area contributed by atoms with Crippen LogP contribution in [0.4, 0.5) is 4.39 Å². The van der Waals surface area contributed by atoms with Gasteiger partial charge in [-0.1, -0.05) is 0 Å². The summed E-state index contributed by atoms with van der Waals surface area (Å²) in [5.41, 5.74) is 0.00346. The van der Waals surface area contributed by atoms with E-state index in [0.717, 1.165) is 12.8 Å². The summed E-state index contributed by atoms with van der Waals surface area (Å²) in [6.07, 6.45) is 2.06. The van der Waals surface area contributed by atoms with E-state index < -0.39 is 5.97 Å². The van der Waals surface area contributed by atoms with E-state index in [-0.39, 0.29) is 23.1 Å². The van der Waals surface area contributed by atoms with E-state index >= 15 is 0 Å². The Labute approximate surface area is 116 Å². The van der Waals surface area contributed by atoms with Crippen LogP contribution in [0.15, 0.2) is 23.1 Å². The summed E-state index contributed by atoms with van der Waals surface area (Å²) >= 11 is 1.31. The molecule has 1 aromatic carbocycles. The van der Waals surface area contributed by atoms with Crippen molar-refractivity contribution < 1.29 is 19.0 Å². The number of carboxylic acid groups (broad SMARTS) is 1. The fourth-order valence-electron chi connectivity index (χ4n) is 2.12. The number of rotatable bonds is 4. The van der Waals surface area contributed by atoms with Crippen LogP contribution in [0.5, 0.6) is 0 Å². The topological polar surface area (TPSA) is 46.5 Å². The molecule has 0 aromatic heterocycles. The van der Waals surface area contributed by atoms with Crippen molar-refractivity contribution in [3.8, 4) is 0 Å². The first kappa shape index (κ1) is 14.3. The number of benzene rings is 1. The minimum atomic E-state index is -1.04. The van der Waals surface area contributed by atoms with E-state index in [1.807, 2.05) is 13.8 Å². The van der Waals surface area contributed by atoms with Gasteiger partial charge in [0.05, 0.1) is 17.3 Å². The average Bonchev–Trinajstić information content (AvgIpc) is 2.67. The van der Waals surface area contributed by atoms with Gasteiger partial charge in [0, 0.05) is 10.6 Å². The molecule has 104 valence electrons. The van der Waals surface area contributed by atoms with Gasteiger partial charge in [0.25, 0.3) is 0 Å². The molecule has 1 unspecified atom stereocenters. The summed E-state index contributed by atoms with van der Waals surface area (Å²) < 4.78 is 19.4. The van der Waals surface area contributed by atoms with Crippen molar-refractivity contribution in [2.45, 2.75) is 43.3 Å². The van der Waals surface area contributed by atoms with E-state index in [4.69, 9.17) is 9.84 Å². The Hall–Kier alpha value is -1.07. The second-order valence-electron chi connectivity index (χ2n) is 5.30. The summed E-state index contributed by atoms with van der Waals surface area (Å²) in [4.78, 5) is 11.2. The van der Waals surface area contributed by atoms with Crippen molar-refractivity contribution in [2.75, 3.05) is 5.75 Å². The largest absolute Gasteiger partial charge is 0.478 e. The fourth-order valence-corrected chi connectivity index (χ4v) is 3.14. The molecular weight excluding hydrogens is 267 g/mol. The molecule has 1 atom stereocenters. The van der Waals surface area contributed by atoms with Crippen LogP contribution in [-0.4, -0.2) is 28.5 Å². The summed E-state index contributed by atoms with van der Waals surface area (Å²) in [6.45, 7) is 4.09. The van der Waals surface area contributed by atoms with Gasteiger partial charge in [0.1, 0.15) is 5.82 Å². The molecule has 0 radical (unpaired) electrons. The number of hydrogen-bond donors (Lipinski definition) is 1. The van der Waals surface area contributed by atoms with Crippen LogP contribution in [-0.2, 0) is 4.74 Å². The van der Waals surface area contributed by atoms with Gasteiger partial charge in [-0.3, -0.25) is 0 Å². The van der Waals surface area contributed by atoms with Gasteiger partial charge >= 0.3 is 5.97 Å². The lowest BCUT2D eigenvalue weighted by Crippen LogP contribution is -2.21. The first-order chi connectivity index (χ1) is 8.87. The first-order valence-electron chi connectivity index (χ1n) is 6.21. The second kappa shape index (κ2) is 5.51. The van der Waals surface area contributed by atoms with Crippen LogP contribution in [0.3, 0.4) is 0 Å². The zero-order valence-corrected chi connectivity index (χ0v) is 11.8. The van der Waals surface area contributed by atoms with Gasteiger partial charge < -0.3 is 9.84 Å². The van der Waals surface area contributed by atoms with Gasteiger partial charge in [0.15, 0.2) is 0 Å². The highest BCUT2D eigenvalue weighted by Gasteiger charge is 2.31. The molecule has 1 aliphatic heterocycles. The van der Waals surface area contributed by atoms with Gasteiger partial charge in [-0.15, -0.1) is 11.8 Å². The van der Waals surface area contributed by atoms with E-state index in [1.54, 1.807) is 0 Å². The summed E-state index contributed by atoms with van der Waals surface area (Å²) in [5, 5.41) is 8.89. The van der Waals surface area contributed by atoms with Crippen molar-refractivity contribution in [1.82, 2.24) is 0 Å². The minimum absolute atomic E-state index is 0.104. The van der Waals surface area contributed by atoms with Crippen molar-refractivity contribution in [3.05, 3.63) is 29.6 Å². The highest BCUT2D eigenvalue weighted by molar-refractivity contribution is 7.99. The first-order valence-corrected chi connectivity index (χ1v) is 7.19. The van der Waals surface area contributed by atoms with Crippen LogP contribution in [0.2, 0.25) is 0 Å². The highest BCUT2D eigenvalue weighted by Crippen LogP contribution is 2.33. The molecular formula is C14H17FO3S. The van der Waals surface area contributed by atoms with Crippen molar-refractivity contribution in [3.63, 3.8) is 0 Å². The number of ether oxygens (including phenoxy) is 1. The molecule has 1 saturated heterocycles. The quantitative estimate of drug-likeness (QED) is 0.859. The Morgan fingerprint density at radius 2 is 2.32 bits per heavy atom. The maximum atomic E-state index is 13.6. The molecule has 0 bridgehead atoms. The second-order valence-corrected chi connectivity index (χ2v) is 6.36. The molecule has 0 aliphatic carbocycles. The van der Waals surface area contributed by atoms with Gasteiger partial charge in [-0.05, 0) is 44.9 Å². The fraction of sp³-hybridized carbons (Fsp3) is 0.500. The van der Waals surface area contributed by atoms with E-state index in [1.165, 1.54) is 30.0 Å². The Bertz CT molecular complexity index is 488. The van der Waals surface area contributed by atoms with Gasteiger partial charge in [0.2, 0.25) is 0 Å². The monoisotopic (exact) mass is 284 g/mol. The molecule has 1 fully saturated rings. The molecule has 0 saturated carbocycles. The Kier molecular flexibility index (Phi) is 4.16. The zero-order chi connectivity index (χ0) is 14.0. The van der Waals surface area contributed by atoms with Crippen molar-refractivity contribution in [1.29, 1.82) is 0 Å². The molecule has 3 nitrogen and oxygen atoms in total. The molecule has 5 heteroatoms. The lowest BCUT2D eigenvalue weighted by Gasteiger charge is -2.19. The smallest absolute Gasteiger partial charge is 0.335 e. The third kappa shape index (κ3) is 3.70. The molecule has 19 heavy (non-hydrogen) atoms. The minimum Gasteiger partial charge on any atom is -0.478 e. The lowest BCUT2D eigenvalue weighted by molar-refractivity contribution is -0.00467. The number of carbonyl (C=O) groups is 1. The zero-order valence-electron chi connectivity index (χ0n) is 11.0. The lowest BCUT2D eigenvalue weighted by atomic mass is 10.1. The summed E-state index contributed by atoms with van der Waals surface area (Å²) in [7, 11) is 0. The maximum Gasteiger partial charge on any atom is 0.335 e. The third-order valence-electron chi connectivity index (χ3n) is 3.16. The Morgan fingerprint density at radius 3 is 2.89 bits per heavy atom. The standard InChI is InChI=1S/C14H17FO3S/c1-14(2)6-5-10(18-14)8-19-12-7-9(13(16)17)3-4-11(12)15/h3-4,7,10H,5-6,8H2,1-2H3,(H,16,17). The highest BCUT2D eigenvalue weighted by atomic mass is 32.2. The number of aromatic carboxylic acids is 1. The van der Waals surface area contributed by atoms with Crippen LogP contribution in [0.1, 0.15) is 37.0 Å². The molecule has 1 aromatic rings. The SMILES string of the molecule is CC1(C)CCC(CSc2cc(C(=O)O)ccc2F)O1. The number of carboxylic acids is 1. The predicted octanol–water partition coefficient (Wildman–Crippen LogP) is 3.57.